The van der Waals surface area contributed by atoms with Gasteiger partial charge in [-0.2, -0.15) is 0 Å². The number of nitrogens with one attached hydrogen (secondary N) is 1. The highest BCUT2D eigenvalue weighted by Crippen LogP contribution is 2.26. The molecule has 0 spiro atoms. The molecule has 1 amide bonds. The quantitative estimate of drug-likeness (QED) is 0.797. The Labute approximate surface area is 123 Å². The fourth-order valence-electron chi connectivity index (χ4n) is 3.47. The van der Waals surface area contributed by atoms with Crippen LogP contribution in [0.3, 0.4) is 0 Å². The lowest BCUT2D eigenvalue weighted by atomic mass is 10.1. The van der Waals surface area contributed by atoms with Gasteiger partial charge in [-0.25, -0.2) is 8.78 Å². The van der Waals surface area contributed by atoms with Crippen molar-refractivity contribution in [1.82, 2.24) is 15.1 Å². The zero-order valence-corrected chi connectivity index (χ0v) is 12.2. The number of nitrogens with zero attached hydrogens (tertiary/aromatic N) is 2. The van der Waals surface area contributed by atoms with Crippen LogP contribution in [-0.4, -0.2) is 79.7 Å². The van der Waals surface area contributed by atoms with Gasteiger partial charge in [0.2, 0.25) is 5.91 Å². The smallest absolute Gasteiger partial charge is 0.262 e. The SMILES string of the molecule is O=C(C1CC(F)(F)CN1)N1CCN(C2CCOCC2)CC1. The molecule has 3 fully saturated rings. The molecule has 3 aliphatic heterocycles. The Morgan fingerprint density at radius 2 is 1.81 bits per heavy atom. The molecule has 3 saturated heterocycles. The third-order valence-electron chi connectivity index (χ3n) is 4.74. The summed E-state index contributed by atoms with van der Waals surface area (Å²) in [5, 5.41) is 2.65. The number of piperazine rings is 1. The highest BCUT2D eigenvalue weighted by molar-refractivity contribution is 5.82. The molecule has 0 aromatic heterocycles. The number of ether oxygens (including phenoxy) is 1. The summed E-state index contributed by atoms with van der Waals surface area (Å²) >= 11 is 0. The van der Waals surface area contributed by atoms with Gasteiger partial charge in [0, 0.05) is 51.9 Å². The van der Waals surface area contributed by atoms with E-state index in [0.717, 1.165) is 39.1 Å². The lowest BCUT2D eigenvalue weighted by molar-refractivity contribution is -0.136. The molecule has 0 aromatic rings. The first kappa shape index (κ1) is 15.1. The number of halogens is 2. The third kappa shape index (κ3) is 3.52. The van der Waals surface area contributed by atoms with Gasteiger partial charge in [-0.1, -0.05) is 0 Å². The summed E-state index contributed by atoms with van der Waals surface area (Å²) in [5.74, 6) is -2.91. The van der Waals surface area contributed by atoms with Gasteiger partial charge < -0.3 is 9.64 Å². The summed E-state index contributed by atoms with van der Waals surface area (Å²) in [6, 6.07) is -0.167. The minimum atomic E-state index is -2.75. The molecule has 120 valence electrons. The van der Waals surface area contributed by atoms with Gasteiger partial charge in [0.25, 0.3) is 5.92 Å². The van der Waals surface area contributed by atoms with Gasteiger partial charge in [-0.05, 0) is 12.8 Å². The fraction of sp³-hybridized carbons (Fsp3) is 0.929. The van der Waals surface area contributed by atoms with Gasteiger partial charge >= 0.3 is 0 Å². The molecule has 3 rings (SSSR count). The van der Waals surface area contributed by atoms with Crippen molar-refractivity contribution < 1.29 is 18.3 Å². The average molecular weight is 303 g/mol. The maximum absolute atomic E-state index is 13.2. The molecule has 1 unspecified atom stereocenters. The molecular weight excluding hydrogens is 280 g/mol. The standard InChI is InChI=1S/C14H23F2N3O2/c15-14(16)9-12(17-10-14)13(20)19-5-3-18(4-6-19)11-1-7-21-8-2-11/h11-12,17H,1-10H2. The molecule has 5 nitrogen and oxygen atoms in total. The van der Waals surface area contributed by atoms with E-state index in [9.17, 15) is 13.6 Å². The zero-order valence-electron chi connectivity index (χ0n) is 12.2. The van der Waals surface area contributed by atoms with Crippen molar-refractivity contribution in [2.45, 2.75) is 37.3 Å². The highest BCUT2D eigenvalue weighted by Gasteiger charge is 2.44. The molecule has 1 N–H and O–H groups in total. The van der Waals surface area contributed by atoms with Crippen LogP contribution in [0.5, 0.6) is 0 Å². The van der Waals surface area contributed by atoms with Crippen molar-refractivity contribution in [3.05, 3.63) is 0 Å². The van der Waals surface area contributed by atoms with Crippen molar-refractivity contribution in [2.75, 3.05) is 45.9 Å². The largest absolute Gasteiger partial charge is 0.381 e. The third-order valence-corrected chi connectivity index (χ3v) is 4.74. The van der Waals surface area contributed by atoms with E-state index in [1.807, 2.05) is 0 Å². The minimum absolute atomic E-state index is 0.168. The van der Waals surface area contributed by atoms with Gasteiger partial charge in [0.05, 0.1) is 12.6 Å². The van der Waals surface area contributed by atoms with E-state index in [1.165, 1.54) is 0 Å². The molecule has 3 aliphatic rings. The van der Waals surface area contributed by atoms with E-state index < -0.39 is 12.0 Å². The predicted molar refractivity (Wildman–Crippen MR) is 73.3 cm³/mol. The average Bonchev–Trinajstić information content (AvgIpc) is 2.88. The Hall–Kier alpha value is -0.790. The number of rotatable bonds is 2. The van der Waals surface area contributed by atoms with Gasteiger partial charge in [-0.3, -0.25) is 15.0 Å². The summed E-state index contributed by atoms with van der Waals surface area (Å²) < 4.78 is 31.7. The molecule has 0 radical (unpaired) electrons. The molecule has 21 heavy (non-hydrogen) atoms. The fourth-order valence-corrected chi connectivity index (χ4v) is 3.47. The minimum Gasteiger partial charge on any atom is -0.381 e. The molecule has 0 saturated carbocycles. The highest BCUT2D eigenvalue weighted by atomic mass is 19.3. The summed E-state index contributed by atoms with van der Waals surface area (Å²) in [5.41, 5.74) is 0. The van der Waals surface area contributed by atoms with Crippen LogP contribution < -0.4 is 5.32 Å². The topological polar surface area (TPSA) is 44.8 Å². The molecule has 1 atom stereocenters. The van der Waals surface area contributed by atoms with Crippen LogP contribution in [0, 0.1) is 0 Å². The number of alkyl halides is 2. The van der Waals surface area contributed by atoms with E-state index in [-0.39, 0.29) is 18.9 Å². The van der Waals surface area contributed by atoms with Gasteiger partial charge in [-0.15, -0.1) is 0 Å². The van der Waals surface area contributed by atoms with Crippen LogP contribution >= 0.6 is 0 Å². The monoisotopic (exact) mass is 303 g/mol. The first-order valence-corrected chi connectivity index (χ1v) is 7.77. The zero-order chi connectivity index (χ0) is 14.9. The van der Waals surface area contributed by atoms with Crippen LogP contribution in [0.25, 0.3) is 0 Å². The second-order valence-corrected chi connectivity index (χ2v) is 6.20. The van der Waals surface area contributed by atoms with E-state index in [0.29, 0.717) is 19.1 Å². The van der Waals surface area contributed by atoms with E-state index in [2.05, 4.69) is 10.2 Å². The van der Waals surface area contributed by atoms with Crippen molar-refractivity contribution in [2.24, 2.45) is 0 Å². The van der Waals surface area contributed by atoms with E-state index in [1.54, 1.807) is 4.90 Å². The number of carbonyl (C=O) groups excluding carboxylic acids is 1. The molecule has 3 heterocycles. The molecule has 0 bridgehead atoms. The summed E-state index contributed by atoms with van der Waals surface area (Å²) in [6.45, 7) is 4.18. The summed E-state index contributed by atoms with van der Waals surface area (Å²) in [6.07, 6.45) is 1.72. The Bertz CT molecular complexity index is 380. The molecule has 0 aromatic carbocycles. The maximum atomic E-state index is 13.2. The summed E-state index contributed by atoms with van der Waals surface area (Å²) in [4.78, 5) is 16.4. The lowest BCUT2D eigenvalue weighted by Crippen LogP contribution is -2.55. The maximum Gasteiger partial charge on any atom is 0.262 e. The van der Waals surface area contributed by atoms with Gasteiger partial charge in [0.15, 0.2) is 0 Å². The van der Waals surface area contributed by atoms with Crippen molar-refractivity contribution >= 4 is 5.91 Å². The lowest BCUT2D eigenvalue weighted by Gasteiger charge is -2.41. The predicted octanol–water partition coefficient (Wildman–Crippen LogP) is 0.307. The number of amides is 1. The van der Waals surface area contributed by atoms with Gasteiger partial charge in [0.1, 0.15) is 0 Å². The Balaban J connectivity index is 1.48. The Morgan fingerprint density at radius 1 is 1.14 bits per heavy atom. The van der Waals surface area contributed by atoms with E-state index in [4.69, 9.17) is 4.74 Å². The number of hydrogen-bond donors (Lipinski definition) is 1. The van der Waals surface area contributed by atoms with Crippen molar-refractivity contribution in [1.29, 1.82) is 0 Å². The Morgan fingerprint density at radius 3 is 2.38 bits per heavy atom. The first-order chi connectivity index (χ1) is 10.1. The number of hydrogen-bond acceptors (Lipinski definition) is 4. The van der Waals surface area contributed by atoms with Crippen LogP contribution in [0.1, 0.15) is 19.3 Å². The van der Waals surface area contributed by atoms with Crippen LogP contribution in [0.15, 0.2) is 0 Å². The number of carbonyl (C=O) groups is 1. The first-order valence-electron chi connectivity index (χ1n) is 7.77. The summed E-state index contributed by atoms with van der Waals surface area (Å²) in [7, 11) is 0. The Kier molecular flexibility index (Phi) is 4.42. The molecule has 7 heteroatoms. The molecular formula is C14H23F2N3O2. The van der Waals surface area contributed by atoms with Crippen LogP contribution in [0.2, 0.25) is 0 Å². The second-order valence-electron chi connectivity index (χ2n) is 6.20. The normalized spacial score (nSPS) is 31.5. The van der Waals surface area contributed by atoms with Crippen LogP contribution in [-0.2, 0) is 9.53 Å². The van der Waals surface area contributed by atoms with Crippen molar-refractivity contribution in [3.63, 3.8) is 0 Å². The molecule has 0 aliphatic carbocycles. The van der Waals surface area contributed by atoms with Crippen LogP contribution in [0.4, 0.5) is 8.78 Å². The second kappa shape index (κ2) is 6.14. The van der Waals surface area contributed by atoms with E-state index >= 15 is 0 Å². The van der Waals surface area contributed by atoms with Crippen molar-refractivity contribution in [3.8, 4) is 0 Å².